The van der Waals surface area contributed by atoms with E-state index in [1.165, 1.54) is 6.92 Å². The molecule has 0 saturated carbocycles. The first-order valence-corrected chi connectivity index (χ1v) is 6.95. The molecule has 2 amide bonds. The first kappa shape index (κ1) is 15.1. The van der Waals surface area contributed by atoms with Crippen LogP contribution in [0.2, 0.25) is 0 Å². The van der Waals surface area contributed by atoms with Gasteiger partial charge in [-0.25, -0.2) is 0 Å². The van der Waals surface area contributed by atoms with Crippen molar-refractivity contribution in [2.75, 3.05) is 19.6 Å². The van der Waals surface area contributed by atoms with Crippen molar-refractivity contribution in [2.24, 2.45) is 5.73 Å². The van der Waals surface area contributed by atoms with Crippen LogP contribution < -0.4 is 11.1 Å². The van der Waals surface area contributed by atoms with Gasteiger partial charge in [0.05, 0.1) is 6.54 Å². The summed E-state index contributed by atoms with van der Waals surface area (Å²) in [5.74, 6) is 5.62. The van der Waals surface area contributed by atoms with Crippen molar-refractivity contribution in [2.45, 2.75) is 19.4 Å². The molecule has 1 aliphatic rings. The molecule has 0 aromatic heterocycles. The summed E-state index contributed by atoms with van der Waals surface area (Å²) in [7, 11) is 0. The Labute approximate surface area is 124 Å². The summed E-state index contributed by atoms with van der Waals surface area (Å²) in [5, 5.41) is 2.85. The highest BCUT2D eigenvalue weighted by Crippen LogP contribution is 2.14. The molecule has 1 unspecified atom stereocenters. The van der Waals surface area contributed by atoms with Gasteiger partial charge < -0.3 is 16.0 Å². The third-order valence-corrected chi connectivity index (χ3v) is 3.35. The van der Waals surface area contributed by atoms with Crippen molar-refractivity contribution in [3.63, 3.8) is 0 Å². The van der Waals surface area contributed by atoms with Crippen LogP contribution in [0.15, 0.2) is 24.3 Å². The third kappa shape index (κ3) is 4.07. The number of carbonyl (C=O) groups excluding carboxylic acids is 2. The maximum atomic E-state index is 12.4. The number of nitrogens with one attached hydrogen (secondary N) is 1. The number of nitrogens with zero attached hydrogens (tertiary/aromatic N) is 1. The lowest BCUT2D eigenvalue weighted by molar-refractivity contribution is -0.119. The molecule has 0 bridgehead atoms. The summed E-state index contributed by atoms with van der Waals surface area (Å²) in [4.78, 5) is 25.2. The van der Waals surface area contributed by atoms with Gasteiger partial charge >= 0.3 is 0 Å². The van der Waals surface area contributed by atoms with Gasteiger partial charge in [0, 0.05) is 37.2 Å². The second kappa shape index (κ2) is 6.91. The van der Waals surface area contributed by atoms with Crippen LogP contribution in [0.4, 0.5) is 0 Å². The second-order valence-electron chi connectivity index (χ2n) is 5.02. The molecule has 1 fully saturated rings. The van der Waals surface area contributed by atoms with Crippen LogP contribution >= 0.6 is 0 Å². The average Bonchev–Trinajstić information content (AvgIpc) is 2.92. The first-order chi connectivity index (χ1) is 10.1. The predicted octanol–water partition coefficient (Wildman–Crippen LogP) is 0.347. The van der Waals surface area contributed by atoms with Crippen molar-refractivity contribution >= 4 is 11.8 Å². The first-order valence-electron chi connectivity index (χ1n) is 6.95. The molecular weight excluding hydrogens is 266 g/mol. The van der Waals surface area contributed by atoms with Crippen LogP contribution in [0.1, 0.15) is 29.3 Å². The highest BCUT2D eigenvalue weighted by Gasteiger charge is 2.27. The van der Waals surface area contributed by atoms with Crippen LogP contribution in [0.25, 0.3) is 0 Å². The Morgan fingerprint density at radius 3 is 2.71 bits per heavy atom. The molecule has 21 heavy (non-hydrogen) atoms. The van der Waals surface area contributed by atoms with E-state index in [0.717, 1.165) is 12.0 Å². The molecule has 1 saturated heterocycles. The van der Waals surface area contributed by atoms with Crippen LogP contribution in [-0.4, -0.2) is 42.4 Å². The smallest absolute Gasteiger partial charge is 0.253 e. The summed E-state index contributed by atoms with van der Waals surface area (Å²) >= 11 is 0. The number of likely N-dealkylation sites (tertiary alicyclic amines) is 1. The lowest BCUT2D eigenvalue weighted by Gasteiger charge is -2.16. The van der Waals surface area contributed by atoms with Gasteiger partial charge in [-0.3, -0.25) is 9.59 Å². The summed E-state index contributed by atoms with van der Waals surface area (Å²) in [5.41, 5.74) is 6.80. The molecule has 0 radical (unpaired) electrons. The van der Waals surface area contributed by atoms with Gasteiger partial charge in [-0.2, -0.15) is 0 Å². The largest absolute Gasteiger partial charge is 0.352 e. The van der Waals surface area contributed by atoms with Crippen LogP contribution in [0.3, 0.4) is 0 Å². The Balaban J connectivity index is 1.99. The SMILES string of the molecule is CC(=O)NC1CCN(C(=O)c2ccc(C#CCN)cc2)C1. The van der Waals surface area contributed by atoms with Gasteiger partial charge in [0.2, 0.25) is 5.91 Å². The molecule has 0 spiro atoms. The molecule has 3 N–H and O–H groups in total. The fraction of sp³-hybridized carbons (Fsp3) is 0.375. The van der Waals surface area contributed by atoms with Gasteiger partial charge in [-0.15, -0.1) is 0 Å². The minimum atomic E-state index is -0.0582. The monoisotopic (exact) mass is 285 g/mol. The van der Waals surface area contributed by atoms with Gasteiger partial charge in [-0.1, -0.05) is 11.8 Å². The van der Waals surface area contributed by atoms with E-state index >= 15 is 0 Å². The summed E-state index contributed by atoms with van der Waals surface area (Å²) in [6.45, 7) is 3.04. The molecule has 2 rings (SSSR count). The normalized spacial score (nSPS) is 17.0. The van der Waals surface area contributed by atoms with Crippen molar-refractivity contribution < 1.29 is 9.59 Å². The van der Waals surface area contributed by atoms with E-state index in [4.69, 9.17) is 5.73 Å². The van der Waals surface area contributed by atoms with Crippen molar-refractivity contribution in [1.29, 1.82) is 0 Å². The Bertz CT molecular complexity index is 584. The Kier molecular flexibility index (Phi) is 4.96. The lowest BCUT2D eigenvalue weighted by atomic mass is 10.1. The van der Waals surface area contributed by atoms with E-state index in [2.05, 4.69) is 17.2 Å². The van der Waals surface area contributed by atoms with Crippen molar-refractivity contribution in [3.8, 4) is 11.8 Å². The molecular formula is C16H19N3O2. The van der Waals surface area contributed by atoms with E-state index in [1.54, 1.807) is 17.0 Å². The maximum absolute atomic E-state index is 12.4. The van der Waals surface area contributed by atoms with E-state index in [-0.39, 0.29) is 17.9 Å². The standard InChI is InChI=1S/C16H19N3O2/c1-12(20)18-15-8-10-19(11-15)16(21)14-6-4-13(5-7-14)3-2-9-17/h4-7,15H,8-11,17H2,1H3,(H,18,20). The number of hydrogen-bond donors (Lipinski definition) is 2. The van der Waals surface area contributed by atoms with E-state index < -0.39 is 0 Å². The zero-order chi connectivity index (χ0) is 15.2. The number of benzene rings is 1. The Morgan fingerprint density at radius 2 is 2.10 bits per heavy atom. The molecule has 1 aliphatic heterocycles. The Morgan fingerprint density at radius 1 is 1.38 bits per heavy atom. The quantitative estimate of drug-likeness (QED) is 0.770. The Hall–Kier alpha value is -2.32. The van der Waals surface area contributed by atoms with Gasteiger partial charge in [0.25, 0.3) is 5.91 Å². The summed E-state index contributed by atoms with van der Waals surface area (Å²) in [6.07, 6.45) is 0.797. The number of nitrogens with two attached hydrogens (primary N) is 1. The molecule has 1 aromatic carbocycles. The fourth-order valence-corrected chi connectivity index (χ4v) is 2.38. The zero-order valence-corrected chi connectivity index (χ0v) is 12.1. The summed E-state index contributed by atoms with van der Waals surface area (Å²) in [6, 6.07) is 7.23. The van der Waals surface area contributed by atoms with Gasteiger partial charge in [0.1, 0.15) is 0 Å². The zero-order valence-electron chi connectivity index (χ0n) is 12.1. The molecule has 1 heterocycles. The van der Waals surface area contributed by atoms with Crippen molar-refractivity contribution in [1.82, 2.24) is 10.2 Å². The minimum Gasteiger partial charge on any atom is -0.352 e. The molecule has 110 valence electrons. The van der Waals surface area contributed by atoms with Crippen LogP contribution in [-0.2, 0) is 4.79 Å². The predicted molar refractivity (Wildman–Crippen MR) is 80.5 cm³/mol. The van der Waals surface area contributed by atoms with E-state index in [1.807, 2.05) is 12.1 Å². The summed E-state index contributed by atoms with van der Waals surface area (Å²) < 4.78 is 0. The molecule has 0 aliphatic carbocycles. The number of amides is 2. The minimum absolute atomic E-state index is 0.0128. The average molecular weight is 285 g/mol. The molecule has 5 heteroatoms. The number of carbonyl (C=O) groups is 2. The topological polar surface area (TPSA) is 75.4 Å². The van der Waals surface area contributed by atoms with Gasteiger partial charge in [0.15, 0.2) is 0 Å². The third-order valence-electron chi connectivity index (χ3n) is 3.35. The highest BCUT2D eigenvalue weighted by atomic mass is 16.2. The molecule has 1 atom stereocenters. The van der Waals surface area contributed by atoms with Crippen molar-refractivity contribution in [3.05, 3.63) is 35.4 Å². The lowest BCUT2D eigenvalue weighted by Crippen LogP contribution is -2.37. The second-order valence-corrected chi connectivity index (χ2v) is 5.02. The molecule has 1 aromatic rings. The highest BCUT2D eigenvalue weighted by molar-refractivity contribution is 5.94. The van der Waals surface area contributed by atoms with Gasteiger partial charge in [-0.05, 0) is 30.7 Å². The van der Waals surface area contributed by atoms with Crippen LogP contribution in [0.5, 0.6) is 0 Å². The number of hydrogen-bond acceptors (Lipinski definition) is 3. The van der Waals surface area contributed by atoms with E-state index in [0.29, 0.717) is 25.2 Å². The van der Waals surface area contributed by atoms with Crippen LogP contribution in [0, 0.1) is 11.8 Å². The fourth-order valence-electron chi connectivity index (χ4n) is 2.38. The number of rotatable bonds is 2. The van der Waals surface area contributed by atoms with E-state index in [9.17, 15) is 9.59 Å². The maximum Gasteiger partial charge on any atom is 0.253 e. The molecule has 5 nitrogen and oxygen atoms in total.